The molecule has 1 amide bonds. The summed E-state index contributed by atoms with van der Waals surface area (Å²) in [5.74, 6) is 0.256. The van der Waals surface area contributed by atoms with E-state index in [0.717, 1.165) is 29.1 Å². The van der Waals surface area contributed by atoms with Crippen molar-refractivity contribution >= 4 is 21.6 Å². The predicted molar refractivity (Wildman–Crippen MR) is 129 cm³/mol. The number of aryl methyl sites for hydroxylation is 1. The lowest BCUT2D eigenvalue weighted by atomic mass is 9.88. The maximum absolute atomic E-state index is 13.5. The molecule has 7 heteroatoms. The Bertz CT molecular complexity index is 1190. The quantitative estimate of drug-likeness (QED) is 0.534. The van der Waals surface area contributed by atoms with Gasteiger partial charge in [0.25, 0.3) is 10.0 Å². The molecule has 0 saturated carbocycles. The van der Waals surface area contributed by atoms with Crippen molar-refractivity contribution in [3.8, 4) is 5.75 Å². The van der Waals surface area contributed by atoms with Gasteiger partial charge in [-0.15, -0.1) is 0 Å². The molecule has 0 saturated heterocycles. The molecule has 1 N–H and O–H groups in total. The zero-order valence-corrected chi connectivity index (χ0v) is 19.4. The molecule has 0 aromatic heterocycles. The smallest absolute Gasteiger partial charge is 0.264 e. The molecule has 0 radical (unpaired) electrons. The predicted octanol–water partition coefficient (Wildman–Crippen LogP) is 4.47. The Hall–Kier alpha value is -3.32. The van der Waals surface area contributed by atoms with Gasteiger partial charge in [-0.05, 0) is 73.7 Å². The largest absolute Gasteiger partial charge is 0.494 e. The molecule has 172 valence electrons. The fraction of sp³-hybridized carbons (Fsp3) is 0.269. The maximum atomic E-state index is 13.5. The number of carbonyl (C=O) groups excluding carboxylic acids is 1. The van der Waals surface area contributed by atoms with Gasteiger partial charge in [0.05, 0.1) is 23.2 Å². The number of hydrogen-bond acceptors (Lipinski definition) is 4. The number of ether oxygens (including phenoxy) is 1. The highest BCUT2D eigenvalue weighted by molar-refractivity contribution is 7.92. The van der Waals surface area contributed by atoms with Crippen LogP contribution in [0.3, 0.4) is 0 Å². The Morgan fingerprint density at radius 1 is 1.00 bits per heavy atom. The second kappa shape index (κ2) is 10.1. The van der Waals surface area contributed by atoms with Gasteiger partial charge >= 0.3 is 0 Å². The van der Waals surface area contributed by atoms with E-state index in [4.69, 9.17) is 4.74 Å². The summed E-state index contributed by atoms with van der Waals surface area (Å²) >= 11 is 0. The third kappa shape index (κ3) is 5.20. The van der Waals surface area contributed by atoms with Gasteiger partial charge in [0.2, 0.25) is 5.91 Å². The van der Waals surface area contributed by atoms with Gasteiger partial charge < -0.3 is 10.1 Å². The number of hydrogen-bond donors (Lipinski definition) is 1. The Morgan fingerprint density at radius 2 is 1.70 bits per heavy atom. The SMILES string of the molecule is CCOc1ccc(S(=O)(=O)N(CC(=O)NC2CCCc3ccccc32)c2ccccc2)cc1. The van der Waals surface area contributed by atoms with Crippen LogP contribution in [0.5, 0.6) is 5.75 Å². The van der Waals surface area contributed by atoms with Crippen LogP contribution < -0.4 is 14.4 Å². The van der Waals surface area contributed by atoms with Gasteiger partial charge in [0.15, 0.2) is 0 Å². The van der Waals surface area contributed by atoms with E-state index in [0.29, 0.717) is 18.0 Å². The van der Waals surface area contributed by atoms with E-state index < -0.39 is 10.0 Å². The minimum Gasteiger partial charge on any atom is -0.494 e. The van der Waals surface area contributed by atoms with Crippen molar-refractivity contribution in [1.82, 2.24) is 5.32 Å². The lowest BCUT2D eigenvalue weighted by Gasteiger charge is -2.28. The minimum absolute atomic E-state index is 0.102. The first kappa shape index (κ1) is 22.9. The third-order valence-corrected chi connectivity index (χ3v) is 7.55. The molecule has 0 aliphatic heterocycles. The molecule has 0 heterocycles. The van der Waals surface area contributed by atoms with E-state index in [9.17, 15) is 13.2 Å². The van der Waals surface area contributed by atoms with Gasteiger partial charge in [-0.25, -0.2) is 8.42 Å². The zero-order valence-electron chi connectivity index (χ0n) is 18.6. The average molecular weight is 465 g/mol. The molecule has 1 atom stereocenters. The van der Waals surface area contributed by atoms with Crippen LogP contribution in [0, 0.1) is 0 Å². The molecule has 1 aliphatic carbocycles. The van der Waals surface area contributed by atoms with Crippen LogP contribution in [-0.4, -0.2) is 27.5 Å². The van der Waals surface area contributed by atoms with E-state index in [1.807, 2.05) is 31.2 Å². The molecule has 6 nitrogen and oxygen atoms in total. The molecule has 0 bridgehead atoms. The molecule has 3 aromatic carbocycles. The van der Waals surface area contributed by atoms with Crippen molar-refractivity contribution in [2.45, 2.75) is 37.1 Å². The number of nitrogens with one attached hydrogen (secondary N) is 1. The summed E-state index contributed by atoms with van der Waals surface area (Å²) in [6.07, 6.45) is 2.80. The maximum Gasteiger partial charge on any atom is 0.264 e. The highest BCUT2D eigenvalue weighted by Gasteiger charge is 2.29. The molecule has 0 fully saturated rings. The summed E-state index contributed by atoms with van der Waals surface area (Å²) in [7, 11) is -3.97. The van der Waals surface area contributed by atoms with E-state index in [1.165, 1.54) is 17.7 Å². The number of nitrogens with zero attached hydrogens (tertiary/aromatic N) is 1. The number of fused-ring (bicyclic) bond motifs is 1. The van der Waals surface area contributed by atoms with Crippen LogP contribution >= 0.6 is 0 Å². The third-order valence-electron chi connectivity index (χ3n) is 5.76. The Kier molecular flexibility index (Phi) is 6.99. The Morgan fingerprint density at radius 3 is 2.42 bits per heavy atom. The fourth-order valence-corrected chi connectivity index (χ4v) is 5.61. The molecule has 3 aromatic rings. The monoisotopic (exact) mass is 464 g/mol. The molecule has 4 rings (SSSR count). The van der Waals surface area contributed by atoms with E-state index in [1.54, 1.807) is 36.4 Å². The molecular formula is C26H28N2O4S. The van der Waals surface area contributed by atoms with Crippen LogP contribution in [0.4, 0.5) is 5.69 Å². The number of sulfonamides is 1. The summed E-state index contributed by atoms with van der Waals surface area (Å²) < 4.78 is 33.6. The first-order chi connectivity index (χ1) is 16.0. The van der Waals surface area contributed by atoms with Crippen molar-refractivity contribution in [1.29, 1.82) is 0 Å². The molecule has 1 aliphatic rings. The summed E-state index contributed by atoms with van der Waals surface area (Å²) in [4.78, 5) is 13.2. The number of para-hydroxylation sites is 1. The second-order valence-corrected chi connectivity index (χ2v) is 9.83. The van der Waals surface area contributed by atoms with Crippen LogP contribution in [0.1, 0.15) is 36.9 Å². The Balaban J connectivity index is 1.59. The molecule has 0 spiro atoms. The summed E-state index contributed by atoms with van der Waals surface area (Å²) in [6.45, 7) is 2.05. The van der Waals surface area contributed by atoms with Crippen molar-refractivity contribution in [3.63, 3.8) is 0 Å². The average Bonchev–Trinajstić information content (AvgIpc) is 2.84. The van der Waals surface area contributed by atoms with Crippen LogP contribution in [0.25, 0.3) is 0 Å². The number of carbonyl (C=O) groups is 1. The number of rotatable bonds is 8. The Labute approximate surface area is 195 Å². The van der Waals surface area contributed by atoms with Gasteiger partial charge in [0.1, 0.15) is 12.3 Å². The first-order valence-electron chi connectivity index (χ1n) is 11.2. The van der Waals surface area contributed by atoms with Crippen molar-refractivity contribution < 1.29 is 17.9 Å². The molecule has 33 heavy (non-hydrogen) atoms. The van der Waals surface area contributed by atoms with Crippen LogP contribution in [-0.2, 0) is 21.2 Å². The van der Waals surface area contributed by atoms with E-state index in [-0.39, 0.29) is 23.4 Å². The lowest BCUT2D eigenvalue weighted by Crippen LogP contribution is -2.42. The fourth-order valence-electron chi connectivity index (χ4n) is 4.19. The van der Waals surface area contributed by atoms with Crippen molar-refractivity contribution in [3.05, 3.63) is 90.0 Å². The number of amides is 1. The standard InChI is InChI=1S/C26H28N2O4S/c1-2-32-22-15-17-23(18-16-22)33(30,31)28(21-11-4-3-5-12-21)19-26(29)27-25-14-8-10-20-9-6-7-13-24(20)25/h3-7,9,11-13,15-18,25H,2,8,10,14,19H2,1H3,(H,27,29). The highest BCUT2D eigenvalue weighted by Crippen LogP contribution is 2.30. The van der Waals surface area contributed by atoms with Gasteiger partial charge in [-0.2, -0.15) is 0 Å². The number of anilines is 1. The topological polar surface area (TPSA) is 75.7 Å². The molecular weight excluding hydrogens is 436 g/mol. The van der Waals surface area contributed by atoms with Gasteiger partial charge in [0, 0.05) is 0 Å². The summed E-state index contributed by atoms with van der Waals surface area (Å²) in [5.41, 5.74) is 2.78. The summed E-state index contributed by atoms with van der Waals surface area (Å²) in [5, 5.41) is 3.06. The van der Waals surface area contributed by atoms with Gasteiger partial charge in [-0.1, -0.05) is 42.5 Å². The first-order valence-corrected chi connectivity index (χ1v) is 12.6. The normalized spacial score (nSPS) is 15.4. The van der Waals surface area contributed by atoms with Crippen LogP contribution in [0.15, 0.2) is 83.8 Å². The van der Waals surface area contributed by atoms with Crippen molar-refractivity contribution in [2.24, 2.45) is 0 Å². The second-order valence-electron chi connectivity index (χ2n) is 7.96. The van der Waals surface area contributed by atoms with E-state index >= 15 is 0 Å². The zero-order chi connectivity index (χ0) is 23.3. The van der Waals surface area contributed by atoms with Gasteiger partial charge in [-0.3, -0.25) is 9.10 Å². The van der Waals surface area contributed by atoms with E-state index in [2.05, 4.69) is 11.4 Å². The molecule has 1 unspecified atom stereocenters. The highest BCUT2D eigenvalue weighted by atomic mass is 32.2. The van der Waals surface area contributed by atoms with Crippen LogP contribution in [0.2, 0.25) is 0 Å². The number of benzene rings is 3. The minimum atomic E-state index is -3.97. The lowest BCUT2D eigenvalue weighted by molar-refractivity contribution is -0.120. The van der Waals surface area contributed by atoms with Crippen molar-refractivity contribution in [2.75, 3.05) is 17.5 Å². The summed E-state index contributed by atoms with van der Waals surface area (Å²) in [6, 6.07) is 22.9.